The Morgan fingerprint density at radius 3 is 2.90 bits per heavy atom. The Balaban J connectivity index is 2.07. The molecule has 1 fully saturated rings. The molecule has 0 bridgehead atoms. The Morgan fingerprint density at radius 1 is 1.45 bits per heavy atom. The first-order valence-electron chi connectivity index (χ1n) is 7.08. The van der Waals surface area contributed by atoms with Gasteiger partial charge in [0.25, 0.3) is 0 Å². The predicted molar refractivity (Wildman–Crippen MR) is 73.2 cm³/mol. The first-order valence-corrected chi connectivity index (χ1v) is 7.08. The number of nitrogens with two attached hydrogens (primary N) is 1. The summed E-state index contributed by atoms with van der Waals surface area (Å²) in [5, 5.41) is 13.2. The van der Waals surface area contributed by atoms with Crippen LogP contribution in [0.1, 0.15) is 25.7 Å². The molecule has 108 valence electrons. The van der Waals surface area contributed by atoms with Crippen molar-refractivity contribution in [2.75, 3.05) is 6.54 Å². The molecule has 0 aromatic heterocycles. The standard InChI is InChI=1S/C15H19FN2O2/c16-15(10-4-1-2-6-12(10)19)7-3-5-11-13(15)9(8-18-11)14(17)20/h3,5,7,10,12,18-19H,1-2,4,6,8H2,(H2,17,20)/t10-,12-,15?/m0/s1. The largest absolute Gasteiger partial charge is 0.393 e. The van der Waals surface area contributed by atoms with E-state index in [1.54, 1.807) is 12.2 Å². The smallest absolute Gasteiger partial charge is 0.246 e. The minimum Gasteiger partial charge on any atom is -0.393 e. The molecule has 20 heavy (non-hydrogen) atoms. The van der Waals surface area contributed by atoms with Crippen LogP contribution in [0.15, 0.2) is 35.1 Å². The minimum atomic E-state index is -1.81. The number of primary amides is 1. The third-order valence-electron chi connectivity index (χ3n) is 4.58. The molecule has 2 aliphatic carbocycles. The lowest BCUT2D eigenvalue weighted by atomic mass is 9.70. The lowest BCUT2D eigenvalue weighted by Gasteiger charge is -2.40. The van der Waals surface area contributed by atoms with Gasteiger partial charge in [-0.3, -0.25) is 4.79 Å². The highest BCUT2D eigenvalue weighted by atomic mass is 19.1. The van der Waals surface area contributed by atoms with E-state index in [1.807, 2.05) is 0 Å². The number of alkyl halides is 1. The van der Waals surface area contributed by atoms with Gasteiger partial charge in [-0.05, 0) is 25.0 Å². The van der Waals surface area contributed by atoms with E-state index in [-0.39, 0.29) is 6.54 Å². The van der Waals surface area contributed by atoms with Crippen LogP contribution < -0.4 is 11.1 Å². The van der Waals surface area contributed by atoms with Crippen molar-refractivity contribution in [1.29, 1.82) is 0 Å². The number of rotatable bonds is 2. The molecule has 3 atom stereocenters. The highest BCUT2D eigenvalue weighted by Gasteiger charge is 2.49. The number of hydrogen-bond acceptors (Lipinski definition) is 3. The molecule has 1 saturated carbocycles. The van der Waals surface area contributed by atoms with Gasteiger partial charge in [-0.15, -0.1) is 0 Å². The summed E-state index contributed by atoms with van der Waals surface area (Å²) in [5.74, 6) is -1.11. The Bertz CT molecular complexity index is 538. The van der Waals surface area contributed by atoms with E-state index in [4.69, 9.17) is 5.73 Å². The molecule has 1 aliphatic heterocycles. The average Bonchev–Trinajstić information content (AvgIpc) is 2.85. The number of carbonyl (C=O) groups is 1. The molecule has 0 saturated heterocycles. The van der Waals surface area contributed by atoms with E-state index < -0.39 is 23.6 Å². The molecular formula is C15H19FN2O2. The molecule has 1 heterocycles. The van der Waals surface area contributed by atoms with Crippen LogP contribution in [0.2, 0.25) is 0 Å². The van der Waals surface area contributed by atoms with Gasteiger partial charge in [0.15, 0.2) is 5.67 Å². The predicted octanol–water partition coefficient (Wildman–Crippen LogP) is 1.08. The zero-order chi connectivity index (χ0) is 14.3. The second kappa shape index (κ2) is 4.74. The Labute approximate surface area is 117 Å². The topological polar surface area (TPSA) is 75.4 Å². The quantitative estimate of drug-likeness (QED) is 0.707. The van der Waals surface area contributed by atoms with Gasteiger partial charge in [-0.1, -0.05) is 18.9 Å². The number of nitrogens with one attached hydrogen (secondary N) is 1. The summed E-state index contributed by atoms with van der Waals surface area (Å²) in [6, 6.07) is 0. The van der Waals surface area contributed by atoms with Gasteiger partial charge < -0.3 is 16.2 Å². The van der Waals surface area contributed by atoms with Crippen molar-refractivity contribution in [3.63, 3.8) is 0 Å². The van der Waals surface area contributed by atoms with Crippen molar-refractivity contribution in [2.45, 2.75) is 37.5 Å². The van der Waals surface area contributed by atoms with Gasteiger partial charge in [0.05, 0.1) is 6.10 Å². The van der Waals surface area contributed by atoms with Crippen molar-refractivity contribution >= 4 is 5.91 Å². The highest BCUT2D eigenvalue weighted by Crippen LogP contribution is 2.47. The second-order valence-electron chi connectivity index (χ2n) is 5.74. The van der Waals surface area contributed by atoms with E-state index in [0.29, 0.717) is 29.7 Å². The van der Waals surface area contributed by atoms with Crippen LogP contribution in [0.4, 0.5) is 4.39 Å². The molecule has 4 nitrogen and oxygen atoms in total. The van der Waals surface area contributed by atoms with E-state index in [2.05, 4.69) is 5.32 Å². The summed E-state index contributed by atoms with van der Waals surface area (Å²) in [7, 11) is 0. The minimum absolute atomic E-state index is 0.257. The molecule has 3 aliphatic rings. The fraction of sp³-hybridized carbons (Fsp3) is 0.533. The number of allylic oxidation sites excluding steroid dienone is 4. The van der Waals surface area contributed by atoms with E-state index in [9.17, 15) is 9.90 Å². The molecule has 0 aromatic carbocycles. The van der Waals surface area contributed by atoms with Crippen LogP contribution >= 0.6 is 0 Å². The van der Waals surface area contributed by atoms with Crippen LogP contribution in [-0.4, -0.2) is 29.3 Å². The van der Waals surface area contributed by atoms with Crippen molar-refractivity contribution in [1.82, 2.24) is 5.32 Å². The molecule has 0 spiro atoms. The molecule has 5 heteroatoms. The van der Waals surface area contributed by atoms with Crippen molar-refractivity contribution in [3.05, 3.63) is 35.1 Å². The summed E-state index contributed by atoms with van der Waals surface area (Å²) in [5.41, 5.74) is 4.80. The molecule has 0 radical (unpaired) electrons. The summed E-state index contributed by atoms with van der Waals surface area (Å²) < 4.78 is 15.7. The van der Waals surface area contributed by atoms with Crippen molar-refractivity contribution in [2.24, 2.45) is 11.7 Å². The first kappa shape index (κ1) is 13.4. The van der Waals surface area contributed by atoms with Gasteiger partial charge in [0.2, 0.25) is 5.91 Å². The van der Waals surface area contributed by atoms with Gasteiger partial charge in [-0.25, -0.2) is 4.39 Å². The Hall–Kier alpha value is -1.62. The SMILES string of the molecule is NC(=O)C1=C2C(=CC=CC2(F)[C@H]2CCCC[C@@H]2O)NC1. The molecule has 1 amide bonds. The van der Waals surface area contributed by atoms with E-state index >= 15 is 4.39 Å². The average molecular weight is 278 g/mol. The van der Waals surface area contributed by atoms with E-state index in [1.165, 1.54) is 6.08 Å². The number of aliphatic hydroxyl groups excluding tert-OH is 1. The molecule has 0 aromatic rings. The molecule has 3 rings (SSSR count). The Morgan fingerprint density at radius 2 is 2.20 bits per heavy atom. The van der Waals surface area contributed by atoms with Crippen LogP contribution in [0.3, 0.4) is 0 Å². The maximum absolute atomic E-state index is 15.7. The third-order valence-corrected chi connectivity index (χ3v) is 4.58. The Kier molecular flexibility index (Phi) is 3.17. The highest BCUT2D eigenvalue weighted by molar-refractivity contribution is 5.96. The number of aliphatic hydroxyl groups is 1. The number of hydrogen-bond donors (Lipinski definition) is 3. The lowest BCUT2D eigenvalue weighted by molar-refractivity contribution is -0.114. The van der Waals surface area contributed by atoms with Crippen LogP contribution in [0.25, 0.3) is 0 Å². The molecule has 1 unspecified atom stereocenters. The number of fused-ring (bicyclic) bond motifs is 1. The maximum atomic E-state index is 15.7. The van der Waals surface area contributed by atoms with Crippen LogP contribution in [-0.2, 0) is 4.79 Å². The number of amides is 1. The van der Waals surface area contributed by atoms with Gasteiger partial charge >= 0.3 is 0 Å². The van der Waals surface area contributed by atoms with Gasteiger partial charge in [0.1, 0.15) is 0 Å². The number of carbonyl (C=O) groups excluding carboxylic acids is 1. The zero-order valence-electron chi connectivity index (χ0n) is 11.2. The molecule has 4 N–H and O–H groups in total. The molecular weight excluding hydrogens is 259 g/mol. The zero-order valence-corrected chi connectivity index (χ0v) is 11.2. The van der Waals surface area contributed by atoms with Crippen LogP contribution in [0.5, 0.6) is 0 Å². The summed E-state index contributed by atoms with van der Waals surface area (Å²) in [6.45, 7) is 0.257. The van der Waals surface area contributed by atoms with Gasteiger partial charge in [0, 0.05) is 29.3 Å². The summed E-state index contributed by atoms with van der Waals surface area (Å²) >= 11 is 0. The third kappa shape index (κ3) is 1.88. The summed E-state index contributed by atoms with van der Waals surface area (Å²) in [4.78, 5) is 11.6. The number of halogens is 1. The van der Waals surface area contributed by atoms with E-state index in [0.717, 1.165) is 12.8 Å². The lowest BCUT2D eigenvalue weighted by Crippen LogP contribution is -2.44. The fourth-order valence-electron chi connectivity index (χ4n) is 3.59. The first-order chi connectivity index (χ1) is 9.54. The second-order valence-corrected chi connectivity index (χ2v) is 5.74. The maximum Gasteiger partial charge on any atom is 0.246 e. The van der Waals surface area contributed by atoms with Crippen molar-refractivity contribution < 1.29 is 14.3 Å². The monoisotopic (exact) mass is 278 g/mol. The fourth-order valence-corrected chi connectivity index (χ4v) is 3.59. The van der Waals surface area contributed by atoms with Gasteiger partial charge in [-0.2, -0.15) is 0 Å². The normalized spacial score (nSPS) is 36.4. The van der Waals surface area contributed by atoms with Crippen LogP contribution in [0, 0.1) is 5.92 Å². The summed E-state index contributed by atoms with van der Waals surface area (Å²) in [6.07, 6.45) is 7.21. The van der Waals surface area contributed by atoms with Crippen molar-refractivity contribution in [3.8, 4) is 0 Å².